The first kappa shape index (κ1) is 15.8. The van der Waals surface area contributed by atoms with Crippen molar-refractivity contribution in [2.24, 2.45) is 11.3 Å². The fraction of sp³-hybridized carbons (Fsp3) is 0.588. The molecule has 0 radical (unpaired) electrons. The van der Waals surface area contributed by atoms with Gasteiger partial charge in [0.15, 0.2) is 0 Å². The van der Waals surface area contributed by atoms with Gasteiger partial charge in [0.25, 0.3) is 0 Å². The van der Waals surface area contributed by atoms with Crippen LogP contribution in [0.2, 0.25) is 0 Å². The minimum Gasteiger partial charge on any atom is -0.508 e. The molecule has 1 aliphatic rings. The highest BCUT2D eigenvalue weighted by Crippen LogP contribution is 2.35. The first-order valence-electron chi connectivity index (χ1n) is 7.55. The van der Waals surface area contributed by atoms with Crippen LogP contribution in [0.4, 0.5) is 0 Å². The number of aryl methyl sites for hydroxylation is 1. The Balaban J connectivity index is 2.08. The number of benzene rings is 1. The van der Waals surface area contributed by atoms with Crippen LogP contribution < -0.4 is 0 Å². The second-order valence-corrected chi connectivity index (χ2v) is 6.73. The Bertz CT molecular complexity index is 525. The van der Waals surface area contributed by atoms with Crippen LogP contribution in [0.25, 0.3) is 0 Å². The number of aliphatic carboxylic acids is 1. The van der Waals surface area contributed by atoms with Gasteiger partial charge in [-0.05, 0) is 52.1 Å². The summed E-state index contributed by atoms with van der Waals surface area (Å²) in [6.07, 6.45) is 1.96. The number of hydrogen-bond donors (Lipinski definition) is 2. The predicted octanol–water partition coefficient (Wildman–Crippen LogP) is 3.02. The van der Waals surface area contributed by atoms with Crippen molar-refractivity contribution in [1.82, 2.24) is 4.90 Å². The molecule has 1 atom stereocenters. The first-order valence-corrected chi connectivity index (χ1v) is 7.55. The summed E-state index contributed by atoms with van der Waals surface area (Å²) in [6, 6.07) is 5.62. The van der Waals surface area contributed by atoms with E-state index in [-0.39, 0.29) is 5.92 Å². The zero-order valence-corrected chi connectivity index (χ0v) is 13.1. The predicted molar refractivity (Wildman–Crippen MR) is 82.3 cm³/mol. The number of phenolic OH excluding ortho intramolecular Hbond substituents is 1. The van der Waals surface area contributed by atoms with Gasteiger partial charge < -0.3 is 10.2 Å². The second-order valence-electron chi connectivity index (χ2n) is 6.73. The van der Waals surface area contributed by atoms with Gasteiger partial charge >= 0.3 is 5.97 Å². The number of nitrogens with zero attached hydrogens (tertiary/aromatic N) is 1. The smallest absolute Gasteiger partial charge is 0.309 e. The highest BCUT2D eigenvalue weighted by Gasteiger charge is 2.39. The van der Waals surface area contributed by atoms with Crippen LogP contribution >= 0.6 is 0 Å². The van der Waals surface area contributed by atoms with Gasteiger partial charge in [-0.2, -0.15) is 0 Å². The van der Waals surface area contributed by atoms with Crippen molar-refractivity contribution < 1.29 is 15.0 Å². The standard InChI is InChI=1S/C17H25NO3/c1-12-6-7-15(19)13(9-12)10-18-8-4-5-14(11-18)17(2,3)16(20)21/h6-7,9,14,19H,4-5,8,10-11H2,1-3H3,(H,20,21). The van der Waals surface area contributed by atoms with Gasteiger partial charge in [0.1, 0.15) is 5.75 Å². The summed E-state index contributed by atoms with van der Waals surface area (Å²) >= 11 is 0. The molecule has 0 amide bonds. The average Bonchev–Trinajstić information content (AvgIpc) is 2.43. The van der Waals surface area contributed by atoms with Crippen LogP contribution in [0.3, 0.4) is 0 Å². The van der Waals surface area contributed by atoms with Crippen LogP contribution in [0.1, 0.15) is 37.8 Å². The molecule has 0 aromatic heterocycles. The van der Waals surface area contributed by atoms with E-state index in [0.29, 0.717) is 12.3 Å². The van der Waals surface area contributed by atoms with Crippen LogP contribution in [-0.4, -0.2) is 34.2 Å². The molecule has 4 heteroatoms. The number of piperidine rings is 1. The van der Waals surface area contributed by atoms with E-state index in [4.69, 9.17) is 0 Å². The van der Waals surface area contributed by atoms with E-state index in [9.17, 15) is 15.0 Å². The largest absolute Gasteiger partial charge is 0.508 e. The molecule has 1 saturated heterocycles. The minimum absolute atomic E-state index is 0.149. The normalized spacial score (nSPS) is 20.4. The van der Waals surface area contributed by atoms with E-state index in [1.165, 1.54) is 0 Å². The lowest BCUT2D eigenvalue weighted by atomic mass is 9.74. The van der Waals surface area contributed by atoms with Gasteiger partial charge in [0, 0.05) is 18.7 Å². The number of aromatic hydroxyl groups is 1. The van der Waals surface area contributed by atoms with Gasteiger partial charge in [-0.1, -0.05) is 17.7 Å². The third-order valence-corrected chi connectivity index (χ3v) is 4.71. The van der Waals surface area contributed by atoms with E-state index in [1.54, 1.807) is 6.07 Å². The van der Waals surface area contributed by atoms with E-state index in [1.807, 2.05) is 32.9 Å². The molecule has 1 aromatic carbocycles. The van der Waals surface area contributed by atoms with Crippen molar-refractivity contribution >= 4 is 5.97 Å². The monoisotopic (exact) mass is 291 g/mol. The number of carboxylic acids is 1. The first-order chi connectivity index (χ1) is 9.80. The molecular weight excluding hydrogens is 266 g/mol. The molecule has 1 fully saturated rings. The van der Waals surface area contributed by atoms with Crippen molar-refractivity contribution in [3.8, 4) is 5.75 Å². The summed E-state index contributed by atoms with van der Waals surface area (Å²) in [6.45, 7) is 8.04. The molecule has 1 unspecified atom stereocenters. The topological polar surface area (TPSA) is 60.8 Å². The summed E-state index contributed by atoms with van der Waals surface area (Å²) in [5.41, 5.74) is 1.35. The van der Waals surface area contributed by atoms with Crippen LogP contribution in [0, 0.1) is 18.3 Å². The second kappa shape index (κ2) is 6.06. The lowest BCUT2D eigenvalue weighted by Crippen LogP contribution is -2.44. The van der Waals surface area contributed by atoms with Crippen LogP contribution in [0.5, 0.6) is 5.75 Å². The van der Waals surface area contributed by atoms with Gasteiger partial charge in [0.2, 0.25) is 0 Å². The Morgan fingerprint density at radius 3 is 2.81 bits per heavy atom. The number of hydrogen-bond acceptors (Lipinski definition) is 3. The van der Waals surface area contributed by atoms with Gasteiger partial charge in [-0.15, -0.1) is 0 Å². The quantitative estimate of drug-likeness (QED) is 0.895. The molecule has 0 spiro atoms. The highest BCUT2D eigenvalue weighted by atomic mass is 16.4. The lowest BCUT2D eigenvalue weighted by molar-refractivity contribution is -0.151. The average molecular weight is 291 g/mol. The molecule has 21 heavy (non-hydrogen) atoms. The van der Waals surface area contributed by atoms with E-state index >= 15 is 0 Å². The molecule has 116 valence electrons. The van der Waals surface area contributed by atoms with Crippen molar-refractivity contribution in [3.05, 3.63) is 29.3 Å². The Morgan fingerprint density at radius 2 is 2.14 bits per heavy atom. The fourth-order valence-corrected chi connectivity index (χ4v) is 3.04. The Labute approximate surface area is 126 Å². The maximum absolute atomic E-state index is 11.4. The van der Waals surface area contributed by atoms with E-state index in [0.717, 1.165) is 37.1 Å². The summed E-state index contributed by atoms with van der Waals surface area (Å²) in [7, 11) is 0. The number of carboxylic acid groups (broad SMARTS) is 1. The molecule has 1 aliphatic heterocycles. The summed E-state index contributed by atoms with van der Waals surface area (Å²) in [5.74, 6) is -0.260. The van der Waals surface area contributed by atoms with Crippen molar-refractivity contribution in [2.45, 2.75) is 40.2 Å². The third-order valence-electron chi connectivity index (χ3n) is 4.71. The van der Waals surface area contributed by atoms with Crippen LogP contribution in [0.15, 0.2) is 18.2 Å². The van der Waals surface area contributed by atoms with E-state index in [2.05, 4.69) is 4.90 Å². The lowest BCUT2D eigenvalue weighted by Gasteiger charge is -2.39. The van der Waals surface area contributed by atoms with E-state index < -0.39 is 11.4 Å². The Hall–Kier alpha value is -1.55. The molecule has 2 rings (SSSR count). The highest BCUT2D eigenvalue weighted by molar-refractivity contribution is 5.74. The number of phenols is 1. The molecule has 1 heterocycles. The van der Waals surface area contributed by atoms with Gasteiger partial charge in [0.05, 0.1) is 5.41 Å². The van der Waals surface area contributed by atoms with Crippen molar-refractivity contribution in [2.75, 3.05) is 13.1 Å². The molecule has 1 aromatic rings. The summed E-state index contributed by atoms with van der Waals surface area (Å²) < 4.78 is 0. The zero-order chi connectivity index (χ0) is 15.6. The van der Waals surface area contributed by atoms with Crippen LogP contribution in [-0.2, 0) is 11.3 Å². The summed E-state index contributed by atoms with van der Waals surface area (Å²) in [4.78, 5) is 13.7. The fourth-order valence-electron chi connectivity index (χ4n) is 3.04. The minimum atomic E-state index is -0.729. The maximum atomic E-state index is 11.4. The Kier molecular flexibility index (Phi) is 4.57. The van der Waals surface area contributed by atoms with Crippen molar-refractivity contribution in [1.29, 1.82) is 0 Å². The molecule has 2 N–H and O–H groups in total. The van der Waals surface area contributed by atoms with Gasteiger partial charge in [-0.25, -0.2) is 0 Å². The SMILES string of the molecule is Cc1ccc(O)c(CN2CCCC(C(C)(C)C(=O)O)C2)c1. The molecule has 0 aliphatic carbocycles. The number of carbonyl (C=O) groups is 1. The van der Waals surface area contributed by atoms with Gasteiger partial charge in [-0.3, -0.25) is 9.69 Å². The molecule has 0 saturated carbocycles. The Morgan fingerprint density at radius 1 is 1.43 bits per heavy atom. The van der Waals surface area contributed by atoms with Crippen molar-refractivity contribution in [3.63, 3.8) is 0 Å². The maximum Gasteiger partial charge on any atom is 0.309 e. The molecule has 0 bridgehead atoms. The number of rotatable bonds is 4. The summed E-state index contributed by atoms with van der Waals surface area (Å²) in [5, 5.41) is 19.4. The zero-order valence-electron chi connectivity index (χ0n) is 13.1. The number of likely N-dealkylation sites (tertiary alicyclic amines) is 1. The molecule has 4 nitrogen and oxygen atoms in total. The molecular formula is C17H25NO3. The third kappa shape index (κ3) is 3.56.